The number of hydrogen-bond donors (Lipinski definition) is 1. The van der Waals surface area contributed by atoms with E-state index in [9.17, 15) is 4.79 Å². The number of aromatic nitrogens is 5. The second kappa shape index (κ2) is 9.74. The second-order valence-corrected chi connectivity index (χ2v) is 8.85. The second-order valence-electron chi connectivity index (χ2n) is 8.45. The Hall–Kier alpha value is -4.31. The van der Waals surface area contributed by atoms with Gasteiger partial charge in [-0.15, -0.1) is 0 Å². The van der Waals surface area contributed by atoms with E-state index < -0.39 is 5.60 Å². The third kappa shape index (κ3) is 5.03. The fourth-order valence-corrected chi connectivity index (χ4v) is 4.06. The first-order valence-electron chi connectivity index (χ1n) is 11.1. The molecule has 10 nitrogen and oxygen atoms in total. The van der Waals surface area contributed by atoms with Crippen molar-refractivity contribution in [3.05, 3.63) is 78.6 Å². The highest BCUT2D eigenvalue weighted by atomic mass is 35.5. The number of anilines is 2. The molecule has 11 heteroatoms. The van der Waals surface area contributed by atoms with E-state index in [4.69, 9.17) is 21.1 Å². The third-order valence-electron chi connectivity index (χ3n) is 5.53. The molecule has 3 aromatic heterocycles. The first-order chi connectivity index (χ1) is 17.4. The Morgan fingerprint density at radius 2 is 2.08 bits per heavy atom. The third-order valence-corrected chi connectivity index (χ3v) is 5.83. The van der Waals surface area contributed by atoms with E-state index in [2.05, 4.69) is 36.8 Å². The number of carbonyl (C=O) groups excluding carboxylic acids is 1. The monoisotopic (exact) mass is 503 g/mol. The van der Waals surface area contributed by atoms with Gasteiger partial charge in [0.25, 0.3) is 0 Å². The van der Waals surface area contributed by atoms with Crippen LogP contribution in [0.15, 0.2) is 67.9 Å². The van der Waals surface area contributed by atoms with Gasteiger partial charge in [-0.05, 0) is 37.3 Å². The molecule has 5 rings (SSSR count). The molecule has 0 aliphatic carbocycles. The lowest BCUT2D eigenvalue weighted by atomic mass is 9.96. The molecular formula is C25H22ClN7O3. The minimum absolute atomic E-state index is 0.119. The number of pyridine rings is 1. The van der Waals surface area contributed by atoms with Gasteiger partial charge < -0.3 is 19.7 Å². The summed E-state index contributed by atoms with van der Waals surface area (Å²) in [4.78, 5) is 34.9. The molecule has 0 radical (unpaired) electrons. The Labute approximate surface area is 212 Å². The fraction of sp³-hybridized carbons (Fsp3) is 0.200. The molecule has 182 valence electrons. The molecule has 1 aromatic carbocycles. The van der Waals surface area contributed by atoms with Crippen molar-refractivity contribution < 1.29 is 14.3 Å². The van der Waals surface area contributed by atoms with Crippen molar-refractivity contribution in [2.45, 2.75) is 19.1 Å². The molecule has 1 aliphatic rings. The zero-order chi connectivity index (χ0) is 25.1. The van der Waals surface area contributed by atoms with Gasteiger partial charge in [-0.25, -0.2) is 15.0 Å². The SMILES string of the molecule is C=CC(=O)N1CC(C)(Oc2ccc3ncnc(Nc4ccc(OCc5cnccn5)c(Cl)c4)c3n2)C1. The molecule has 1 fully saturated rings. The highest BCUT2D eigenvalue weighted by Gasteiger charge is 2.43. The zero-order valence-electron chi connectivity index (χ0n) is 19.4. The van der Waals surface area contributed by atoms with Crippen molar-refractivity contribution in [2.24, 2.45) is 0 Å². The number of nitrogens with one attached hydrogen (secondary N) is 1. The zero-order valence-corrected chi connectivity index (χ0v) is 20.1. The number of carbonyl (C=O) groups is 1. The summed E-state index contributed by atoms with van der Waals surface area (Å²) in [6.07, 6.45) is 7.60. The first-order valence-corrected chi connectivity index (χ1v) is 11.5. The van der Waals surface area contributed by atoms with Gasteiger partial charge in [0.1, 0.15) is 29.8 Å². The Bertz CT molecular complexity index is 1430. The molecule has 1 saturated heterocycles. The van der Waals surface area contributed by atoms with Crippen LogP contribution in [0.4, 0.5) is 11.5 Å². The molecule has 0 saturated carbocycles. The van der Waals surface area contributed by atoms with E-state index in [-0.39, 0.29) is 12.5 Å². The molecule has 4 heterocycles. The van der Waals surface area contributed by atoms with Crippen LogP contribution in [-0.4, -0.2) is 54.4 Å². The smallest absolute Gasteiger partial charge is 0.246 e. The lowest BCUT2D eigenvalue weighted by Crippen LogP contribution is -2.64. The van der Waals surface area contributed by atoms with E-state index in [0.717, 1.165) is 0 Å². The largest absolute Gasteiger partial charge is 0.486 e. The number of hydrogen-bond acceptors (Lipinski definition) is 9. The summed E-state index contributed by atoms with van der Waals surface area (Å²) >= 11 is 6.44. The van der Waals surface area contributed by atoms with Crippen molar-refractivity contribution in [2.75, 3.05) is 18.4 Å². The maximum absolute atomic E-state index is 11.8. The van der Waals surface area contributed by atoms with Crippen LogP contribution in [0.3, 0.4) is 0 Å². The van der Waals surface area contributed by atoms with Crippen molar-refractivity contribution in [3.63, 3.8) is 0 Å². The van der Waals surface area contributed by atoms with Crippen molar-refractivity contribution in [1.29, 1.82) is 0 Å². The normalized spacial score (nSPS) is 14.1. The van der Waals surface area contributed by atoms with Crippen LogP contribution in [0.25, 0.3) is 11.0 Å². The quantitative estimate of drug-likeness (QED) is 0.357. The Morgan fingerprint density at radius 3 is 2.83 bits per heavy atom. The van der Waals surface area contributed by atoms with Crippen LogP contribution in [-0.2, 0) is 11.4 Å². The average Bonchev–Trinajstić information content (AvgIpc) is 2.87. The first kappa shape index (κ1) is 23.4. The van der Waals surface area contributed by atoms with E-state index >= 15 is 0 Å². The summed E-state index contributed by atoms with van der Waals surface area (Å²) in [7, 11) is 0. The van der Waals surface area contributed by atoms with Gasteiger partial charge in [-0.2, -0.15) is 0 Å². The summed E-state index contributed by atoms with van der Waals surface area (Å²) in [5.74, 6) is 1.31. The molecule has 1 amide bonds. The summed E-state index contributed by atoms with van der Waals surface area (Å²) in [6.45, 7) is 6.62. The molecule has 0 spiro atoms. The number of likely N-dealkylation sites (tertiary alicyclic amines) is 1. The molecule has 1 aliphatic heterocycles. The highest BCUT2D eigenvalue weighted by Crippen LogP contribution is 2.32. The standard InChI is InChI=1S/C25H22ClN7O3/c1-3-22(34)33-13-25(2,14-33)36-21-7-5-19-23(32-21)24(30-15-29-19)31-16-4-6-20(18(26)10-16)35-12-17-11-27-8-9-28-17/h3-11,15H,1,12-14H2,2H3,(H,29,30,31). The predicted molar refractivity (Wildman–Crippen MR) is 134 cm³/mol. The lowest BCUT2D eigenvalue weighted by molar-refractivity contribution is -0.143. The molecule has 0 atom stereocenters. The predicted octanol–water partition coefficient (Wildman–Crippen LogP) is 3.96. The summed E-state index contributed by atoms with van der Waals surface area (Å²) in [5.41, 5.74) is 2.05. The van der Waals surface area contributed by atoms with Crippen LogP contribution < -0.4 is 14.8 Å². The van der Waals surface area contributed by atoms with Gasteiger partial charge in [0.15, 0.2) is 5.82 Å². The Kier molecular flexibility index (Phi) is 6.34. The van der Waals surface area contributed by atoms with Gasteiger partial charge in [-0.1, -0.05) is 18.2 Å². The topological polar surface area (TPSA) is 115 Å². The number of rotatable bonds is 8. The van der Waals surface area contributed by atoms with Crippen molar-refractivity contribution >= 4 is 40.0 Å². The number of amides is 1. The minimum Gasteiger partial charge on any atom is -0.486 e. The highest BCUT2D eigenvalue weighted by molar-refractivity contribution is 6.32. The number of fused-ring (bicyclic) bond motifs is 1. The van der Waals surface area contributed by atoms with Crippen LogP contribution >= 0.6 is 11.6 Å². The van der Waals surface area contributed by atoms with Gasteiger partial charge >= 0.3 is 0 Å². The molecule has 0 unspecified atom stereocenters. The number of ether oxygens (including phenoxy) is 2. The molecule has 1 N–H and O–H groups in total. The molecule has 0 bridgehead atoms. The van der Waals surface area contributed by atoms with Crippen LogP contribution in [0.5, 0.6) is 11.6 Å². The lowest BCUT2D eigenvalue weighted by Gasteiger charge is -2.46. The average molecular weight is 504 g/mol. The van der Waals surface area contributed by atoms with E-state index in [1.165, 1.54) is 12.4 Å². The summed E-state index contributed by atoms with van der Waals surface area (Å²) in [5, 5.41) is 3.67. The molecule has 4 aromatic rings. The van der Waals surface area contributed by atoms with Gasteiger partial charge in [-0.3, -0.25) is 14.8 Å². The van der Waals surface area contributed by atoms with Gasteiger partial charge in [0.05, 0.1) is 35.5 Å². The van der Waals surface area contributed by atoms with E-state index in [1.54, 1.807) is 41.7 Å². The summed E-state index contributed by atoms with van der Waals surface area (Å²) < 4.78 is 11.9. The fourth-order valence-electron chi connectivity index (χ4n) is 3.82. The maximum atomic E-state index is 11.8. The number of benzene rings is 1. The summed E-state index contributed by atoms with van der Waals surface area (Å²) in [6, 6.07) is 8.90. The Balaban J connectivity index is 1.31. The van der Waals surface area contributed by atoms with Crippen molar-refractivity contribution in [1.82, 2.24) is 29.8 Å². The van der Waals surface area contributed by atoms with Gasteiger partial charge in [0.2, 0.25) is 11.8 Å². The van der Waals surface area contributed by atoms with Crippen LogP contribution in [0.2, 0.25) is 5.02 Å². The van der Waals surface area contributed by atoms with Gasteiger partial charge in [0, 0.05) is 24.1 Å². The number of nitrogens with zero attached hydrogens (tertiary/aromatic N) is 6. The Morgan fingerprint density at radius 1 is 1.22 bits per heavy atom. The molecular weight excluding hydrogens is 482 g/mol. The van der Waals surface area contributed by atoms with Crippen molar-refractivity contribution in [3.8, 4) is 11.6 Å². The van der Waals surface area contributed by atoms with E-state index in [0.29, 0.717) is 58.0 Å². The van der Waals surface area contributed by atoms with Crippen LogP contribution in [0, 0.1) is 0 Å². The number of halogens is 1. The maximum Gasteiger partial charge on any atom is 0.246 e. The van der Waals surface area contributed by atoms with E-state index in [1.807, 2.05) is 19.1 Å². The minimum atomic E-state index is -0.530. The molecule has 36 heavy (non-hydrogen) atoms. The van der Waals surface area contributed by atoms with Crippen LogP contribution in [0.1, 0.15) is 12.6 Å².